The third-order valence-corrected chi connectivity index (χ3v) is 7.57. The predicted molar refractivity (Wildman–Crippen MR) is 117 cm³/mol. The lowest BCUT2D eigenvalue weighted by Crippen LogP contribution is -2.60. The Balaban J connectivity index is 0.00000169. The number of amides is 1. The molecule has 7 heteroatoms. The maximum atomic E-state index is 12.9. The molecule has 1 amide bonds. The third kappa shape index (κ3) is 5.66. The van der Waals surface area contributed by atoms with E-state index in [9.17, 15) is 4.79 Å². The molecule has 3 fully saturated rings. The highest BCUT2D eigenvalue weighted by Gasteiger charge is 2.41. The van der Waals surface area contributed by atoms with Gasteiger partial charge in [0.15, 0.2) is 0 Å². The zero-order valence-electron chi connectivity index (χ0n) is 16.1. The average molecular weight is 426 g/mol. The summed E-state index contributed by atoms with van der Waals surface area (Å²) in [6.07, 6.45) is 10.7. The minimum Gasteiger partial charge on any atom is -0.354 e. The molecule has 0 aromatic carbocycles. The van der Waals surface area contributed by atoms with E-state index in [1.165, 1.54) is 56.7 Å². The Bertz CT molecular complexity index is 439. The number of nitrogens with zero attached hydrogens (tertiary/aromatic N) is 1. The lowest BCUT2D eigenvalue weighted by atomic mass is 9.74. The SMILES string of the molecule is CC1(N)CCCCC1C(=O)NCC1(N2CCSCC2)CCCCC1.Cl.Cl. The number of hydrogen-bond acceptors (Lipinski definition) is 4. The summed E-state index contributed by atoms with van der Waals surface area (Å²) >= 11 is 2.06. The molecule has 3 N–H and O–H groups in total. The summed E-state index contributed by atoms with van der Waals surface area (Å²) in [7, 11) is 0. The maximum Gasteiger partial charge on any atom is 0.225 e. The summed E-state index contributed by atoms with van der Waals surface area (Å²) in [5.74, 6) is 2.66. The van der Waals surface area contributed by atoms with Crippen LogP contribution in [-0.4, -0.2) is 53.0 Å². The molecule has 0 aromatic heterocycles. The van der Waals surface area contributed by atoms with E-state index in [0.717, 1.165) is 32.2 Å². The second-order valence-corrected chi connectivity index (χ2v) is 9.63. The van der Waals surface area contributed by atoms with E-state index in [1.54, 1.807) is 0 Å². The summed E-state index contributed by atoms with van der Waals surface area (Å²) in [6.45, 7) is 5.24. The summed E-state index contributed by atoms with van der Waals surface area (Å²) < 4.78 is 0. The van der Waals surface area contributed by atoms with Crippen molar-refractivity contribution in [2.24, 2.45) is 11.7 Å². The minimum atomic E-state index is -0.330. The van der Waals surface area contributed by atoms with Crippen LogP contribution in [0.5, 0.6) is 0 Å². The van der Waals surface area contributed by atoms with E-state index in [1.807, 2.05) is 0 Å². The number of nitrogens with one attached hydrogen (secondary N) is 1. The molecule has 0 radical (unpaired) electrons. The Kier molecular flexibility index (Phi) is 10.1. The first-order chi connectivity index (χ1) is 11.5. The molecule has 154 valence electrons. The molecule has 3 rings (SSSR count). The Morgan fingerprint density at radius 2 is 1.69 bits per heavy atom. The van der Waals surface area contributed by atoms with Gasteiger partial charge >= 0.3 is 0 Å². The van der Waals surface area contributed by atoms with E-state index in [4.69, 9.17) is 5.73 Å². The fourth-order valence-electron chi connectivity index (χ4n) is 5.02. The van der Waals surface area contributed by atoms with E-state index in [0.29, 0.717) is 0 Å². The number of carbonyl (C=O) groups is 1. The first-order valence-electron chi connectivity index (χ1n) is 9.93. The number of carbonyl (C=O) groups excluding carboxylic acids is 1. The van der Waals surface area contributed by atoms with Crippen LogP contribution in [0.3, 0.4) is 0 Å². The van der Waals surface area contributed by atoms with Crippen LogP contribution >= 0.6 is 36.6 Å². The van der Waals surface area contributed by atoms with Gasteiger partial charge in [0.2, 0.25) is 5.91 Å². The molecule has 1 aliphatic heterocycles. The second-order valence-electron chi connectivity index (χ2n) is 8.41. The van der Waals surface area contributed by atoms with Gasteiger partial charge in [-0.3, -0.25) is 9.69 Å². The summed E-state index contributed by atoms with van der Waals surface area (Å²) in [4.78, 5) is 15.6. The standard InChI is InChI=1S/C19H35N3OS.2ClH/c1-18(20)8-6-3-7-16(18)17(23)21-15-19(9-4-2-5-10-19)22-11-13-24-14-12-22;;/h16H,2-15,20H2,1H3,(H,21,23);2*1H. The monoisotopic (exact) mass is 425 g/mol. The van der Waals surface area contributed by atoms with Crippen molar-refractivity contribution >= 4 is 42.5 Å². The normalized spacial score (nSPS) is 32.0. The molecule has 0 spiro atoms. The van der Waals surface area contributed by atoms with Crippen LogP contribution in [0.2, 0.25) is 0 Å². The van der Waals surface area contributed by atoms with Crippen LogP contribution in [0, 0.1) is 5.92 Å². The van der Waals surface area contributed by atoms with Gasteiger partial charge in [0.05, 0.1) is 5.92 Å². The molecule has 2 saturated carbocycles. The Morgan fingerprint density at radius 1 is 1.08 bits per heavy atom. The lowest BCUT2D eigenvalue weighted by Gasteiger charge is -2.48. The maximum absolute atomic E-state index is 12.9. The van der Waals surface area contributed by atoms with Gasteiger partial charge in [-0.05, 0) is 32.6 Å². The van der Waals surface area contributed by atoms with Crippen LogP contribution < -0.4 is 11.1 Å². The first kappa shape index (κ1) is 24.4. The zero-order chi connectivity index (χ0) is 17.0. The van der Waals surface area contributed by atoms with Crippen molar-refractivity contribution in [1.82, 2.24) is 10.2 Å². The molecule has 0 aromatic rings. The third-order valence-electron chi connectivity index (χ3n) is 6.63. The quantitative estimate of drug-likeness (QED) is 0.721. The smallest absolute Gasteiger partial charge is 0.225 e. The first-order valence-corrected chi connectivity index (χ1v) is 11.1. The van der Waals surface area contributed by atoms with Gasteiger partial charge in [-0.2, -0.15) is 11.8 Å². The van der Waals surface area contributed by atoms with Crippen molar-refractivity contribution in [3.8, 4) is 0 Å². The zero-order valence-corrected chi connectivity index (χ0v) is 18.6. The highest BCUT2D eigenvalue weighted by Crippen LogP contribution is 2.36. The van der Waals surface area contributed by atoms with E-state index < -0.39 is 0 Å². The summed E-state index contributed by atoms with van der Waals surface area (Å²) in [5, 5.41) is 3.35. The fraction of sp³-hybridized carbons (Fsp3) is 0.947. The Hall–Kier alpha value is 0.320. The summed E-state index contributed by atoms with van der Waals surface area (Å²) in [6, 6.07) is 0. The molecule has 1 saturated heterocycles. The van der Waals surface area contributed by atoms with E-state index >= 15 is 0 Å². The van der Waals surface area contributed by atoms with Crippen molar-refractivity contribution < 1.29 is 4.79 Å². The van der Waals surface area contributed by atoms with E-state index in [-0.39, 0.29) is 47.7 Å². The molecule has 2 unspecified atom stereocenters. The molecule has 2 atom stereocenters. The lowest BCUT2D eigenvalue weighted by molar-refractivity contribution is -0.129. The van der Waals surface area contributed by atoms with Crippen LogP contribution in [0.1, 0.15) is 64.7 Å². The molecule has 26 heavy (non-hydrogen) atoms. The van der Waals surface area contributed by atoms with Crippen molar-refractivity contribution in [1.29, 1.82) is 0 Å². The molecular weight excluding hydrogens is 389 g/mol. The Labute approximate surface area is 176 Å². The molecule has 0 bridgehead atoms. The second kappa shape index (κ2) is 10.8. The van der Waals surface area contributed by atoms with Gasteiger partial charge in [0.1, 0.15) is 0 Å². The molecule has 2 aliphatic carbocycles. The minimum absolute atomic E-state index is 0. The van der Waals surface area contributed by atoms with Gasteiger partial charge in [0.25, 0.3) is 0 Å². The number of rotatable bonds is 4. The number of nitrogens with two attached hydrogens (primary N) is 1. The number of hydrogen-bond donors (Lipinski definition) is 2. The van der Waals surface area contributed by atoms with Gasteiger partial charge in [0, 0.05) is 42.2 Å². The highest BCUT2D eigenvalue weighted by atomic mass is 35.5. The fourth-order valence-corrected chi connectivity index (χ4v) is 5.92. The van der Waals surface area contributed by atoms with Crippen molar-refractivity contribution in [3.05, 3.63) is 0 Å². The van der Waals surface area contributed by atoms with Crippen LogP contribution in [0.25, 0.3) is 0 Å². The summed E-state index contributed by atoms with van der Waals surface area (Å²) in [5.41, 5.74) is 6.31. The van der Waals surface area contributed by atoms with Crippen LogP contribution in [0.4, 0.5) is 0 Å². The molecular formula is C19H37Cl2N3OS. The molecule has 1 heterocycles. The predicted octanol–water partition coefficient (Wildman–Crippen LogP) is 3.61. The number of thioether (sulfide) groups is 1. The van der Waals surface area contributed by atoms with Crippen LogP contribution in [-0.2, 0) is 4.79 Å². The van der Waals surface area contributed by atoms with E-state index in [2.05, 4.69) is 28.9 Å². The van der Waals surface area contributed by atoms with Crippen molar-refractivity contribution in [2.45, 2.75) is 75.8 Å². The topological polar surface area (TPSA) is 58.4 Å². The Morgan fingerprint density at radius 3 is 2.31 bits per heavy atom. The average Bonchev–Trinajstić information content (AvgIpc) is 2.61. The van der Waals surface area contributed by atoms with Crippen LogP contribution in [0.15, 0.2) is 0 Å². The van der Waals surface area contributed by atoms with Crippen molar-refractivity contribution in [3.63, 3.8) is 0 Å². The van der Waals surface area contributed by atoms with Crippen molar-refractivity contribution in [2.75, 3.05) is 31.1 Å². The van der Waals surface area contributed by atoms with Gasteiger partial charge in [-0.15, -0.1) is 24.8 Å². The molecule has 4 nitrogen and oxygen atoms in total. The van der Waals surface area contributed by atoms with Gasteiger partial charge in [-0.25, -0.2) is 0 Å². The molecule has 3 aliphatic rings. The highest BCUT2D eigenvalue weighted by molar-refractivity contribution is 7.99. The number of halogens is 2. The van der Waals surface area contributed by atoms with Gasteiger partial charge in [-0.1, -0.05) is 32.1 Å². The largest absolute Gasteiger partial charge is 0.354 e. The van der Waals surface area contributed by atoms with Gasteiger partial charge < -0.3 is 11.1 Å².